The van der Waals surface area contributed by atoms with E-state index in [2.05, 4.69) is 20.9 Å². The zero-order valence-electron chi connectivity index (χ0n) is 13.0. The van der Waals surface area contributed by atoms with E-state index < -0.39 is 17.9 Å². The maximum atomic E-state index is 12.1. The first-order chi connectivity index (χ1) is 10.9. The van der Waals surface area contributed by atoms with Crippen LogP contribution in [0.15, 0.2) is 4.99 Å². The van der Waals surface area contributed by atoms with Crippen LogP contribution in [-0.4, -0.2) is 55.4 Å². The van der Waals surface area contributed by atoms with Gasteiger partial charge in [0.1, 0.15) is 6.04 Å². The largest absolute Gasteiger partial charge is 0.370 e. The number of rotatable bonds is 9. The molecular formula is C13H25N7O3. The second-order valence-corrected chi connectivity index (χ2v) is 5.34. The average molecular weight is 327 g/mol. The Morgan fingerprint density at radius 2 is 2.00 bits per heavy atom. The number of carbonyl (C=O) groups excluding carboxylic acids is 3. The second-order valence-electron chi connectivity index (χ2n) is 5.34. The summed E-state index contributed by atoms with van der Waals surface area (Å²) in [5.41, 5.74) is 15.5. The van der Waals surface area contributed by atoms with Crippen molar-refractivity contribution in [3.63, 3.8) is 0 Å². The Morgan fingerprint density at radius 3 is 2.57 bits per heavy atom. The Balaban J connectivity index is 2.55. The highest BCUT2D eigenvalue weighted by Gasteiger charge is 2.27. The van der Waals surface area contributed by atoms with Gasteiger partial charge in [-0.25, -0.2) is 0 Å². The van der Waals surface area contributed by atoms with Gasteiger partial charge in [-0.3, -0.25) is 19.4 Å². The van der Waals surface area contributed by atoms with E-state index in [9.17, 15) is 14.4 Å². The Labute approximate surface area is 134 Å². The summed E-state index contributed by atoms with van der Waals surface area (Å²) in [7, 11) is 0. The Morgan fingerprint density at radius 1 is 1.26 bits per heavy atom. The third-order valence-electron chi connectivity index (χ3n) is 3.39. The molecule has 1 saturated heterocycles. The van der Waals surface area contributed by atoms with Gasteiger partial charge in [-0.15, -0.1) is 0 Å². The number of nitrogens with two attached hydrogens (primary N) is 3. The molecule has 0 aromatic carbocycles. The second kappa shape index (κ2) is 9.62. The molecule has 0 aliphatic carbocycles. The lowest BCUT2D eigenvalue weighted by Gasteiger charge is -2.20. The van der Waals surface area contributed by atoms with Crippen molar-refractivity contribution in [2.75, 3.05) is 19.6 Å². The molecule has 3 amide bonds. The maximum Gasteiger partial charge on any atom is 0.243 e. The number of nitrogens with one attached hydrogen (secondary N) is 3. The van der Waals surface area contributed by atoms with E-state index in [0.29, 0.717) is 19.4 Å². The van der Waals surface area contributed by atoms with Crippen LogP contribution in [0.25, 0.3) is 0 Å². The van der Waals surface area contributed by atoms with Crippen molar-refractivity contribution in [3.8, 4) is 0 Å². The topological polar surface area (TPSA) is 178 Å². The van der Waals surface area contributed by atoms with E-state index >= 15 is 0 Å². The van der Waals surface area contributed by atoms with Crippen molar-refractivity contribution in [1.29, 1.82) is 0 Å². The van der Waals surface area contributed by atoms with Gasteiger partial charge in [-0.05, 0) is 32.2 Å². The van der Waals surface area contributed by atoms with Crippen molar-refractivity contribution in [2.24, 2.45) is 22.2 Å². The molecule has 0 aromatic heterocycles. The predicted molar refractivity (Wildman–Crippen MR) is 85.1 cm³/mol. The lowest BCUT2D eigenvalue weighted by molar-refractivity contribution is -0.130. The number of guanidine groups is 1. The van der Waals surface area contributed by atoms with E-state index in [1.807, 2.05) is 0 Å². The summed E-state index contributed by atoms with van der Waals surface area (Å²) < 4.78 is 0. The molecule has 1 aliphatic rings. The summed E-state index contributed by atoms with van der Waals surface area (Å²) in [5, 5.41) is 8.15. The lowest BCUT2D eigenvalue weighted by Crippen LogP contribution is -2.52. The molecule has 0 spiro atoms. The van der Waals surface area contributed by atoms with Crippen LogP contribution in [0.4, 0.5) is 0 Å². The molecule has 9 N–H and O–H groups in total. The number of amides is 3. The van der Waals surface area contributed by atoms with Gasteiger partial charge in [0, 0.05) is 6.54 Å². The van der Waals surface area contributed by atoms with E-state index in [-0.39, 0.29) is 24.5 Å². The van der Waals surface area contributed by atoms with Crippen molar-refractivity contribution < 1.29 is 14.4 Å². The number of primary amides is 1. The fourth-order valence-electron chi connectivity index (χ4n) is 2.25. The molecule has 10 heteroatoms. The van der Waals surface area contributed by atoms with Crippen LogP contribution in [0.5, 0.6) is 0 Å². The molecule has 0 saturated carbocycles. The number of hydrogen-bond donors (Lipinski definition) is 6. The number of nitrogens with zero attached hydrogens (tertiary/aromatic N) is 1. The Bertz CT molecular complexity index is 456. The minimum absolute atomic E-state index is 0.0288. The van der Waals surface area contributed by atoms with Gasteiger partial charge in [-0.2, -0.15) is 0 Å². The van der Waals surface area contributed by atoms with Gasteiger partial charge in [0.25, 0.3) is 0 Å². The monoisotopic (exact) mass is 327 g/mol. The summed E-state index contributed by atoms with van der Waals surface area (Å²) in [5.74, 6) is -1.37. The van der Waals surface area contributed by atoms with Crippen LogP contribution < -0.4 is 33.2 Å². The molecule has 1 fully saturated rings. The highest BCUT2D eigenvalue weighted by molar-refractivity contribution is 5.91. The van der Waals surface area contributed by atoms with Gasteiger partial charge in [0.05, 0.1) is 12.6 Å². The minimum atomic E-state index is -0.765. The van der Waals surface area contributed by atoms with Gasteiger partial charge in [0.2, 0.25) is 17.7 Å². The molecule has 0 aromatic rings. The Hall–Kier alpha value is -2.36. The molecule has 2 atom stereocenters. The van der Waals surface area contributed by atoms with E-state index in [1.54, 1.807) is 0 Å². The SMILES string of the molecule is NC(=O)CNC(=O)[C@@H](CCCN=C(N)N)NC(=O)[C@@H]1CCCN1. The molecule has 1 aliphatic heterocycles. The summed E-state index contributed by atoms with van der Waals surface area (Å²) >= 11 is 0. The summed E-state index contributed by atoms with van der Waals surface area (Å²) in [6, 6.07) is -1.06. The highest BCUT2D eigenvalue weighted by atomic mass is 16.2. The normalized spacial score (nSPS) is 18.0. The third-order valence-corrected chi connectivity index (χ3v) is 3.39. The first-order valence-electron chi connectivity index (χ1n) is 7.55. The van der Waals surface area contributed by atoms with Crippen molar-refractivity contribution in [2.45, 2.75) is 37.8 Å². The van der Waals surface area contributed by atoms with Crippen LogP contribution in [0, 0.1) is 0 Å². The quantitative estimate of drug-likeness (QED) is 0.148. The molecule has 0 bridgehead atoms. The van der Waals surface area contributed by atoms with Crippen LogP contribution in [0.3, 0.4) is 0 Å². The van der Waals surface area contributed by atoms with Gasteiger partial charge in [0.15, 0.2) is 5.96 Å². The number of hydrogen-bond acceptors (Lipinski definition) is 5. The fraction of sp³-hybridized carbons (Fsp3) is 0.692. The molecule has 1 rings (SSSR count). The number of carbonyl (C=O) groups is 3. The highest BCUT2D eigenvalue weighted by Crippen LogP contribution is 2.06. The molecule has 1 heterocycles. The smallest absolute Gasteiger partial charge is 0.243 e. The van der Waals surface area contributed by atoms with Crippen LogP contribution in [-0.2, 0) is 14.4 Å². The lowest BCUT2D eigenvalue weighted by atomic mass is 10.1. The van der Waals surface area contributed by atoms with Crippen LogP contribution in [0.1, 0.15) is 25.7 Å². The molecule has 0 unspecified atom stereocenters. The van der Waals surface area contributed by atoms with Crippen LogP contribution >= 0.6 is 0 Å². The maximum absolute atomic E-state index is 12.1. The van der Waals surface area contributed by atoms with Crippen molar-refractivity contribution >= 4 is 23.7 Å². The molecular weight excluding hydrogens is 302 g/mol. The summed E-state index contributed by atoms with van der Waals surface area (Å²) in [6.07, 6.45) is 2.50. The predicted octanol–water partition coefficient (Wildman–Crippen LogP) is -3.12. The van der Waals surface area contributed by atoms with Crippen molar-refractivity contribution in [3.05, 3.63) is 0 Å². The standard InChI is InChI=1S/C13H25N7O3/c14-10(21)7-19-11(22)9(4-2-6-18-13(15)16)20-12(23)8-3-1-5-17-8/h8-9,17H,1-7H2,(H2,14,21)(H,19,22)(H,20,23)(H4,15,16,18)/t8-,9+/m0/s1. The molecule has 130 valence electrons. The average Bonchev–Trinajstić information content (AvgIpc) is 3.01. The van der Waals surface area contributed by atoms with E-state index in [1.165, 1.54) is 0 Å². The van der Waals surface area contributed by atoms with Gasteiger partial charge < -0.3 is 33.2 Å². The molecule has 10 nitrogen and oxygen atoms in total. The third kappa shape index (κ3) is 7.45. The zero-order chi connectivity index (χ0) is 17.2. The van der Waals surface area contributed by atoms with Crippen molar-refractivity contribution in [1.82, 2.24) is 16.0 Å². The minimum Gasteiger partial charge on any atom is -0.370 e. The zero-order valence-corrected chi connectivity index (χ0v) is 13.0. The fourth-order valence-corrected chi connectivity index (χ4v) is 2.25. The Kier molecular flexibility index (Phi) is 7.81. The van der Waals surface area contributed by atoms with Crippen LogP contribution in [0.2, 0.25) is 0 Å². The molecule has 23 heavy (non-hydrogen) atoms. The van der Waals surface area contributed by atoms with Gasteiger partial charge in [-0.1, -0.05) is 0 Å². The summed E-state index contributed by atoms with van der Waals surface area (Å²) in [6.45, 7) is 0.849. The first-order valence-corrected chi connectivity index (χ1v) is 7.55. The van der Waals surface area contributed by atoms with E-state index in [4.69, 9.17) is 17.2 Å². The number of aliphatic imine (C=N–C) groups is 1. The van der Waals surface area contributed by atoms with E-state index in [0.717, 1.165) is 19.4 Å². The van der Waals surface area contributed by atoms with Gasteiger partial charge >= 0.3 is 0 Å². The summed E-state index contributed by atoms with van der Waals surface area (Å²) in [4.78, 5) is 38.8. The first kappa shape index (κ1) is 18.7. The molecule has 0 radical (unpaired) electrons.